The van der Waals surface area contributed by atoms with Gasteiger partial charge in [-0.05, 0) is 35.9 Å². The smallest absolute Gasteiger partial charge is 0.251 e. The Kier molecular flexibility index (Phi) is 5.52. The minimum absolute atomic E-state index is 0.0966. The summed E-state index contributed by atoms with van der Waals surface area (Å²) >= 11 is 0. The number of nitrogens with one attached hydrogen (secondary N) is 1. The van der Waals surface area contributed by atoms with E-state index in [1.54, 1.807) is 36.4 Å². The minimum Gasteiger partial charge on any atom is -0.489 e. The number of amides is 1. The SMILES string of the molecule is N#Cc1ccc(COc2cccc(C(=O)NCCO)c2)cc1. The first-order valence-corrected chi connectivity index (χ1v) is 6.84. The molecule has 0 atom stereocenters. The Hall–Kier alpha value is -2.84. The maximum absolute atomic E-state index is 11.8. The van der Waals surface area contributed by atoms with Gasteiger partial charge in [-0.3, -0.25) is 4.79 Å². The minimum atomic E-state index is -0.252. The first-order valence-electron chi connectivity index (χ1n) is 6.84. The Labute approximate surface area is 128 Å². The molecule has 0 fully saturated rings. The molecule has 0 aliphatic carbocycles. The third-order valence-electron chi connectivity index (χ3n) is 2.98. The number of hydrogen-bond donors (Lipinski definition) is 2. The van der Waals surface area contributed by atoms with E-state index in [1.165, 1.54) is 0 Å². The maximum Gasteiger partial charge on any atom is 0.251 e. The lowest BCUT2D eigenvalue weighted by atomic mass is 10.1. The molecule has 0 heterocycles. The molecule has 0 spiro atoms. The summed E-state index contributed by atoms with van der Waals surface area (Å²) in [6.07, 6.45) is 0. The van der Waals surface area contributed by atoms with Crippen LogP contribution in [0.5, 0.6) is 5.75 Å². The van der Waals surface area contributed by atoms with E-state index < -0.39 is 0 Å². The second-order valence-corrected chi connectivity index (χ2v) is 4.60. The molecule has 112 valence electrons. The lowest BCUT2D eigenvalue weighted by Gasteiger charge is -2.08. The van der Waals surface area contributed by atoms with Crippen molar-refractivity contribution >= 4 is 5.91 Å². The molecule has 0 saturated carbocycles. The first kappa shape index (κ1) is 15.5. The van der Waals surface area contributed by atoms with Gasteiger partial charge in [0.15, 0.2) is 0 Å². The molecule has 5 heteroatoms. The second kappa shape index (κ2) is 7.81. The van der Waals surface area contributed by atoms with Gasteiger partial charge in [-0.15, -0.1) is 0 Å². The normalized spacial score (nSPS) is 9.82. The molecule has 0 aliphatic heterocycles. The Morgan fingerprint density at radius 2 is 2.00 bits per heavy atom. The molecule has 0 unspecified atom stereocenters. The summed E-state index contributed by atoms with van der Waals surface area (Å²) in [7, 11) is 0. The summed E-state index contributed by atoms with van der Waals surface area (Å²) in [5, 5.41) is 20.0. The van der Waals surface area contributed by atoms with Crippen molar-refractivity contribution in [2.75, 3.05) is 13.2 Å². The van der Waals surface area contributed by atoms with Crippen molar-refractivity contribution in [3.8, 4) is 11.8 Å². The molecule has 0 bridgehead atoms. The summed E-state index contributed by atoms with van der Waals surface area (Å²) in [6, 6.07) is 16.0. The molecule has 2 N–H and O–H groups in total. The van der Waals surface area contributed by atoms with Crippen molar-refractivity contribution in [1.29, 1.82) is 5.26 Å². The van der Waals surface area contributed by atoms with Crippen molar-refractivity contribution in [2.24, 2.45) is 0 Å². The number of ether oxygens (including phenoxy) is 1. The highest BCUT2D eigenvalue weighted by atomic mass is 16.5. The van der Waals surface area contributed by atoms with Gasteiger partial charge >= 0.3 is 0 Å². The number of rotatable bonds is 6. The van der Waals surface area contributed by atoms with Crippen molar-refractivity contribution < 1.29 is 14.6 Å². The van der Waals surface area contributed by atoms with Gasteiger partial charge in [0, 0.05) is 12.1 Å². The predicted octanol–water partition coefficient (Wildman–Crippen LogP) is 1.86. The first-order chi connectivity index (χ1) is 10.7. The lowest BCUT2D eigenvalue weighted by molar-refractivity contribution is 0.0944. The lowest BCUT2D eigenvalue weighted by Crippen LogP contribution is -2.26. The molecule has 22 heavy (non-hydrogen) atoms. The molecule has 0 aliphatic rings. The Morgan fingerprint density at radius 1 is 1.23 bits per heavy atom. The van der Waals surface area contributed by atoms with Crippen molar-refractivity contribution in [3.63, 3.8) is 0 Å². The number of carbonyl (C=O) groups excluding carboxylic acids is 1. The fraction of sp³-hybridized carbons (Fsp3) is 0.176. The van der Waals surface area contributed by atoms with Crippen LogP contribution in [0.15, 0.2) is 48.5 Å². The van der Waals surface area contributed by atoms with Gasteiger partial charge in [0.05, 0.1) is 18.2 Å². The zero-order valence-corrected chi connectivity index (χ0v) is 12.0. The zero-order valence-electron chi connectivity index (χ0n) is 12.0. The van der Waals surface area contributed by atoms with Gasteiger partial charge in [0.2, 0.25) is 0 Å². The molecule has 0 aromatic heterocycles. The van der Waals surface area contributed by atoms with E-state index in [-0.39, 0.29) is 19.1 Å². The third kappa shape index (κ3) is 4.33. The number of nitrogens with zero attached hydrogens (tertiary/aromatic N) is 1. The summed E-state index contributed by atoms with van der Waals surface area (Å²) < 4.78 is 5.65. The zero-order chi connectivity index (χ0) is 15.8. The highest BCUT2D eigenvalue weighted by Gasteiger charge is 2.06. The quantitative estimate of drug-likeness (QED) is 0.852. The van der Waals surface area contributed by atoms with Gasteiger partial charge in [0.25, 0.3) is 5.91 Å². The Balaban J connectivity index is 1.98. The summed E-state index contributed by atoms with van der Waals surface area (Å²) in [6.45, 7) is 0.475. The van der Waals surface area contributed by atoms with E-state index in [1.807, 2.05) is 12.1 Å². The van der Waals surface area contributed by atoms with Gasteiger partial charge in [-0.25, -0.2) is 0 Å². The maximum atomic E-state index is 11.8. The van der Waals surface area contributed by atoms with Crippen LogP contribution in [0.3, 0.4) is 0 Å². The van der Waals surface area contributed by atoms with Crippen LogP contribution < -0.4 is 10.1 Å². The second-order valence-electron chi connectivity index (χ2n) is 4.60. The largest absolute Gasteiger partial charge is 0.489 e. The monoisotopic (exact) mass is 296 g/mol. The molecule has 2 aromatic rings. The van der Waals surface area contributed by atoms with E-state index >= 15 is 0 Å². The van der Waals surface area contributed by atoms with Crippen LogP contribution >= 0.6 is 0 Å². The van der Waals surface area contributed by atoms with Crippen LogP contribution in [0.1, 0.15) is 21.5 Å². The van der Waals surface area contributed by atoms with E-state index in [9.17, 15) is 4.79 Å². The molecule has 1 amide bonds. The summed E-state index contributed by atoms with van der Waals surface area (Å²) in [4.78, 5) is 11.8. The van der Waals surface area contributed by atoms with E-state index in [0.717, 1.165) is 5.56 Å². The summed E-state index contributed by atoms with van der Waals surface area (Å²) in [5.41, 5.74) is 2.02. The van der Waals surface area contributed by atoms with E-state index in [0.29, 0.717) is 23.5 Å². The fourth-order valence-corrected chi connectivity index (χ4v) is 1.84. The average Bonchev–Trinajstić information content (AvgIpc) is 2.58. The third-order valence-corrected chi connectivity index (χ3v) is 2.98. The van der Waals surface area contributed by atoms with Crippen molar-refractivity contribution in [3.05, 3.63) is 65.2 Å². The van der Waals surface area contributed by atoms with Crippen LogP contribution in [0, 0.1) is 11.3 Å². The average molecular weight is 296 g/mol. The predicted molar refractivity (Wildman–Crippen MR) is 81.4 cm³/mol. The van der Waals surface area contributed by atoms with Crippen molar-refractivity contribution in [1.82, 2.24) is 5.32 Å². The van der Waals surface area contributed by atoms with Crippen LogP contribution in [0.4, 0.5) is 0 Å². The van der Waals surface area contributed by atoms with Gasteiger partial charge in [-0.2, -0.15) is 5.26 Å². The molecular formula is C17H16N2O3. The molecule has 0 saturated heterocycles. The van der Waals surface area contributed by atoms with Crippen LogP contribution in [0.25, 0.3) is 0 Å². The van der Waals surface area contributed by atoms with Gasteiger partial charge in [0.1, 0.15) is 12.4 Å². The highest BCUT2D eigenvalue weighted by molar-refractivity contribution is 5.94. The Morgan fingerprint density at radius 3 is 2.68 bits per heavy atom. The van der Waals surface area contributed by atoms with Crippen LogP contribution in [0.2, 0.25) is 0 Å². The van der Waals surface area contributed by atoms with E-state index in [4.69, 9.17) is 15.1 Å². The number of aliphatic hydroxyl groups is 1. The van der Waals surface area contributed by atoms with Gasteiger partial charge < -0.3 is 15.2 Å². The number of carbonyl (C=O) groups is 1. The van der Waals surface area contributed by atoms with Crippen LogP contribution in [-0.2, 0) is 6.61 Å². The molecule has 5 nitrogen and oxygen atoms in total. The highest BCUT2D eigenvalue weighted by Crippen LogP contribution is 2.15. The molecular weight excluding hydrogens is 280 g/mol. The summed E-state index contributed by atoms with van der Waals surface area (Å²) in [5.74, 6) is 0.332. The molecule has 0 radical (unpaired) electrons. The van der Waals surface area contributed by atoms with Gasteiger partial charge in [-0.1, -0.05) is 18.2 Å². The number of nitriles is 1. The number of benzene rings is 2. The van der Waals surface area contributed by atoms with E-state index in [2.05, 4.69) is 11.4 Å². The Bertz CT molecular complexity index is 675. The standard InChI is InChI=1S/C17H16N2O3/c18-11-13-4-6-14(7-5-13)12-22-16-3-1-2-15(10-16)17(21)19-8-9-20/h1-7,10,20H,8-9,12H2,(H,19,21). The molecule has 2 rings (SSSR count). The number of aliphatic hydroxyl groups excluding tert-OH is 1. The topological polar surface area (TPSA) is 82.3 Å². The number of hydrogen-bond acceptors (Lipinski definition) is 4. The van der Waals surface area contributed by atoms with Crippen LogP contribution in [-0.4, -0.2) is 24.2 Å². The fourth-order valence-electron chi connectivity index (χ4n) is 1.84. The van der Waals surface area contributed by atoms with Crippen molar-refractivity contribution in [2.45, 2.75) is 6.61 Å². The molecule has 2 aromatic carbocycles.